The lowest BCUT2D eigenvalue weighted by molar-refractivity contribution is -0.302. The average molecular weight is 1120 g/mol. The molecule has 468 valence electrons. The molecule has 79 heavy (non-hydrogen) atoms. The van der Waals surface area contributed by atoms with Gasteiger partial charge in [-0.2, -0.15) is 0 Å². The third kappa shape index (κ3) is 47.5. The normalized spacial score (nSPS) is 18.4. The number of nitrogens with one attached hydrogen (secondary N) is 1. The van der Waals surface area contributed by atoms with Gasteiger partial charge in [-0.3, -0.25) is 9.59 Å². The quantitative estimate of drug-likeness (QED) is 0.0195. The minimum absolute atomic E-state index is 0.0121. The van der Waals surface area contributed by atoms with Gasteiger partial charge >= 0.3 is 5.97 Å². The molecule has 7 unspecified atom stereocenters. The number of esters is 1. The molecule has 1 fully saturated rings. The van der Waals surface area contributed by atoms with Gasteiger partial charge in [-0.25, -0.2) is 0 Å². The standard InChI is InChI=1S/C68H131NO10/c1-3-5-7-9-11-13-14-15-29-33-36-40-44-48-52-56-64(73)77-57-53-49-45-41-37-34-31-28-26-24-22-20-18-16-17-19-21-23-25-27-30-32-35-39-43-47-51-55-63(72)69-60(61(71)54-50-46-42-38-12-10-8-6-4-2)59-78-68-67(76)66(75)65(74)62(58-70)79-68/h50,54,60-62,65-68,70-71,74-76H,3-49,51-53,55-59H2,1-2H3,(H,69,72)/b54-50+. The van der Waals surface area contributed by atoms with E-state index in [-0.39, 0.29) is 18.5 Å². The van der Waals surface area contributed by atoms with Crippen molar-refractivity contribution in [1.29, 1.82) is 0 Å². The van der Waals surface area contributed by atoms with Crippen LogP contribution in [-0.2, 0) is 23.8 Å². The minimum Gasteiger partial charge on any atom is -0.466 e. The Morgan fingerprint density at radius 1 is 0.456 bits per heavy atom. The monoisotopic (exact) mass is 1120 g/mol. The van der Waals surface area contributed by atoms with Crippen molar-refractivity contribution in [1.82, 2.24) is 5.32 Å². The Balaban J connectivity index is 1.91. The minimum atomic E-state index is -1.57. The third-order valence-electron chi connectivity index (χ3n) is 16.7. The molecular formula is C68H131NO10. The van der Waals surface area contributed by atoms with Gasteiger partial charge < -0.3 is 45.1 Å². The van der Waals surface area contributed by atoms with Crippen molar-refractivity contribution in [3.63, 3.8) is 0 Å². The Kier molecular flexibility index (Phi) is 55.5. The number of hydrogen-bond donors (Lipinski definition) is 6. The van der Waals surface area contributed by atoms with Gasteiger partial charge in [-0.15, -0.1) is 0 Å². The van der Waals surface area contributed by atoms with E-state index in [9.17, 15) is 35.1 Å². The summed E-state index contributed by atoms with van der Waals surface area (Å²) in [5, 5.41) is 54.3. The van der Waals surface area contributed by atoms with Crippen LogP contribution < -0.4 is 5.32 Å². The predicted molar refractivity (Wildman–Crippen MR) is 329 cm³/mol. The van der Waals surface area contributed by atoms with Gasteiger partial charge in [0.25, 0.3) is 0 Å². The first-order valence-corrected chi connectivity index (χ1v) is 34.5. The highest BCUT2D eigenvalue weighted by Crippen LogP contribution is 2.23. The number of aliphatic hydroxyl groups is 5. The summed E-state index contributed by atoms with van der Waals surface area (Å²) in [6.07, 6.45) is 60.7. The fraction of sp³-hybridized carbons (Fsp3) is 0.941. The number of aliphatic hydroxyl groups excluding tert-OH is 5. The van der Waals surface area contributed by atoms with E-state index < -0.39 is 49.5 Å². The topological polar surface area (TPSA) is 175 Å². The lowest BCUT2D eigenvalue weighted by Gasteiger charge is -2.40. The largest absolute Gasteiger partial charge is 0.466 e. The van der Waals surface area contributed by atoms with Crippen molar-refractivity contribution >= 4 is 11.9 Å². The van der Waals surface area contributed by atoms with Crippen molar-refractivity contribution < 1.29 is 49.3 Å². The van der Waals surface area contributed by atoms with Crippen LogP contribution in [0, 0.1) is 0 Å². The van der Waals surface area contributed by atoms with Crippen LogP contribution in [0.1, 0.15) is 348 Å². The molecule has 1 amide bonds. The molecule has 7 atom stereocenters. The van der Waals surface area contributed by atoms with Crippen molar-refractivity contribution in [3.05, 3.63) is 12.2 Å². The molecule has 0 saturated carbocycles. The van der Waals surface area contributed by atoms with E-state index >= 15 is 0 Å². The van der Waals surface area contributed by atoms with Crippen LogP contribution in [0.2, 0.25) is 0 Å². The van der Waals surface area contributed by atoms with Crippen molar-refractivity contribution in [2.45, 2.75) is 391 Å². The lowest BCUT2D eigenvalue weighted by Crippen LogP contribution is -2.60. The smallest absolute Gasteiger partial charge is 0.305 e. The van der Waals surface area contributed by atoms with Crippen LogP contribution in [0.4, 0.5) is 0 Å². The second-order valence-corrected chi connectivity index (χ2v) is 24.2. The van der Waals surface area contributed by atoms with Crippen LogP contribution in [0.15, 0.2) is 12.2 Å². The number of allylic oxidation sites excluding steroid dienone is 1. The summed E-state index contributed by atoms with van der Waals surface area (Å²) < 4.78 is 16.7. The molecule has 0 aromatic carbocycles. The number of ether oxygens (including phenoxy) is 3. The van der Waals surface area contributed by atoms with E-state index in [0.717, 1.165) is 51.4 Å². The van der Waals surface area contributed by atoms with Crippen LogP contribution in [0.25, 0.3) is 0 Å². The van der Waals surface area contributed by atoms with Crippen molar-refractivity contribution in [2.75, 3.05) is 19.8 Å². The first kappa shape index (κ1) is 75.4. The maximum absolute atomic E-state index is 13.0. The number of carbonyl (C=O) groups is 2. The van der Waals surface area contributed by atoms with Crippen LogP contribution in [-0.4, -0.2) is 100 Å². The highest BCUT2D eigenvalue weighted by atomic mass is 16.7. The van der Waals surface area contributed by atoms with E-state index in [1.54, 1.807) is 6.08 Å². The Bertz CT molecular complexity index is 1320. The Morgan fingerprint density at radius 2 is 0.797 bits per heavy atom. The summed E-state index contributed by atoms with van der Waals surface area (Å²) in [4.78, 5) is 25.1. The molecular weight excluding hydrogens is 991 g/mol. The summed E-state index contributed by atoms with van der Waals surface area (Å²) in [5.41, 5.74) is 0. The molecule has 0 aromatic heterocycles. The molecule has 1 rings (SSSR count). The second kappa shape index (κ2) is 58.2. The number of hydrogen-bond acceptors (Lipinski definition) is 10. The fourth-order valence-electron chi connectivity index (χ4n) is 11.2. The fourth-order valence-corrected chi connectivity index (χ4v) is 11.2. The summed E-state index contributed by atoms with van der Waals surface area (Å²) in [7, 11) is 0. The lowest BCUT2D eigenvalue weighted by atomic mass is 9.99. The van der Waals surface area contributed by atoms with Gasteiger partial charge in [-0.1, -0.05) is 315 Å². The number of unbranched alkanes of at least 4 members (excludes halogenated alkanes) is 47. The molecule has 0 aliphatic carbocycles. The molecule has 0 spiro atoms. The summed E-state index contributed by atoms with van der Waals surface area (Å²) in [6.45, 7) is 4.36. The molecule has 11 heteroatoms. The summed E-state index contributed by atoms with van der Waals surface area (Å²) in [5.74, 6) is -0.167. The molecule has 0 aromatic rings. The predicted octanol–water partition coefficient (Wildman–Crippen LogP) is 17.1. The van der Waals surface area contributed by atoms with E-state index in [0.29, 0.717) is 19.4 Å². The summed E-state index contributed by atoms with van der Waals surface area (Å²) in [6, 6.07) is -0.805. The first-order chi connectivity index (χ1) is 38.7. The molecule has 0 radical (unpaired) electrons. The zero-order chi connectivity index (χ0) is 57.3. The highest BCUT2D eigenvalue weighted by Gasteiger charge is 2.44. The van der Waals surface area contributed by atoms with Crippen molar-refractivity contribution in [2.24, 2.45) is 0 Å². The molecule has 11 nitrogen and oxygen atoms in total. The Labute approximate surface area is 487 Å². The molecule has 1 heterocycles. The van der Waals surface area contributed by atoms with Gasteiger partial charge in [0, 0.05) is 12.8 Å². The van der Waals surface area contributed by atoms with Crippen LogP contribution in [0.5, 0.6) is 0 Å². The molecule has 1 saturated heterocycles. The van der Waals surface area contributed by atoms with E-state index in [2.05, 4.69) is 19.2 Å². The highest BCUT2D eigenvalue weighted by molar-refractivity contribution is 5.76. The molecule has 1 aliphatic heterocycles. The van der Waals surface area contributed by atoms with Gasteiger partial charge in [0.2, 0.25) is 5.91 Å². The maximum Gasteiger partial charge on any atom is 0.305 e. The first-order valence-electron chi connectivity index (χ1n) is 34.5. The van der Waals surface area contributed by atoms with E-state index in [1.165, 1.54) is 270 Å². The summed E-state index contributed by atoms with van der Waals surface area (Å²) >= 11 is 0. The zero-order valence-electron chi connectivity index (χ0n) is 51.9. The van der Waals surface area contributed by atoms with E-state index in [1.807, 2.05) is 6.08 Å². The third-order valence-corrected chi connectivity index (χ3v) is 16.7. The van der Waals surface area contributed by atoms with Gasteiger partial charge in [-0.05, 0) is 32.1 Å². The average Bonchev–Trinajstić information content (AvgIpc) is 3.46. The van der Waals surface area contributed by atoms with Crippen LogP contribution in [0.3, 0.4) is 0 Å². The van der Waals surface area contributed by atoms with Crippen molar-refractivity contribution in [3.8, 4) is 0 Å². The van der Waals surface area contributed by atoms with E-state index in [4.69, 9.17) is 14.2 Å². The maximum atomic E-state index is 13.0. The molecule has 0 bridgehead atoms. The van der Waals surface area contributed by atoms with Gasteiger partial charge in [0.05, 0.1) is 32.0 Å². The SMILES string of the molecule is CCCCCCCCC/C=C/C(O)C(COC1OC(CO)C(O)C(O)C1O)NC(=O)CCCCCCCCCCCCCCCCCCCCCCCCCCCCCOC(=O)CCCCCCCCCCCCCCCCC. The Morgan fingerprint density at radius 3 is 1.18 bits per heavy atom. The number of amides is 1. The molecule has 6 N–H and O–H groups in total. The van der Waals surface area contributed by atoms with Gasteiger partial charge in [0.15, 0.2) is 6.29 Å². The Hall–Kier alpha value is -1.60. The van der Waals surface area contributed by atoms with Crippen LogP contribution >= 0.6 is 0 Å². The number of carbonyl (C=O) groups excluding carboxylic acids is 2. The number of rotatable bonds is 61. The zero-order valence-corrected chi connectivity index (χ0v) is 51.9. The van der Waals surface area contributed by atoms with Gasteiger partial charge in [0.1, 0.15) is 24.4 Å². The second-order valence-electron chi connectivity index (χ2n) is 24.2. The molecule has 1 aliphatic rings.